The topological polar surface area (TPSA) is 57.6 Å². The fourth-order valence-electron chi connectivity index (χ4n) is 1.65. The Morgan fingerprint density at radius 1 is 1.57 bits per heavy atom. The SMILES string of the molecule is CCCC1SCC(C(=O)O)N1C(C)=O. The van der Waals surface area contributed by atoms with Crippen molar-refractivity contribution in [3.05, 3.63) is 0 Å². The van der Waals surface area contributed by atoms with Gasteiger partial charge in [-0.05, 0) is 6.42 Å². The summed E-state index contributed by atoms with van der Waals surface area (Å²) in [7, 11) is 0. The summed E-state index contributed by atoms with van der Waals surface area (Å²) in [6, 6.07) is -0.631. The molecule has 5 heteroatoms. The zero-order valence-corrected chi connectivity index (χ0v) is 9.21. The molecule has 2 unspecified atom stereocenters. The van der Waals surface area contributed by atoms with E-state index in [1.165, 1.54) is 11.8 Å². The van der Waals surface area contributed by atoms with Gasteiger partial charge >= 0.3 is 5.97 Å². The lowest BCUT2D eigenvalue weighted by molar-refractivity contribution is -0.148. The van der Waals surface area contributed by atoms with Gasteiger partial charge in [-0.2, -0.15) is 0 Å². The summed E-state index contributed by atoms with van der Waals surface area (Å²) in [4.78, 5) is 23.7. The third-order valence-corrected chi connectivity index (χ3v) is 3.63. The number of carbonyl (C=O) groups excluding carboxylic acids is 1. The largest absolute Gasteiger partial charge is 0.480 e. The van der Waals surface area contributed by atoms with Crippen LogP contribution in [0, 0.1) is 0 Å². The third-order valence-electron chi connectivity index (χ3n) is 2.28. The predicted molar refractivity (Wildman–Crippen MR) is 55.1 cm³/mol. The number of carboxylic acids is 1. The highest BCUT2D eigenvalue weighted by molar-refractivity contribution is 8.00. The van der Waals surface area contributed by atoms with Gasteiger partial charge in [0.25, 0.3) is 0 Å². The standard InChI is InChI=1S/C9H15NO3S/c1-3-4-8-10(6(2)11)7(5-14-8)9(12)13/h7-8H,3-5H2,1-2H3,(H,12,13). The van der Waals surface area contributed by atoms with Crippen molar-refractivity contribution < 1.29 is 14.7 Å². The molecule has 1 amide bonds. The Hall–Kier alpha value is -0.710. The number of hydrogen-bond acceptors (Lipinski definition) is 3. The van der Waals surface area contributed by atoms with Crippen LogP contribution in [0.15, 0.2) is 0 Å². The van der Waals surface area contributed by atoms with Crippen LogP contribution >= 0.6 is 11.8 Å². The van der Waals surface area contributed by atoms with Gasteiger partial charge < -0.3 is 10.0 Å². The molecular formula is C9H15NO3S. The molecule has 1 saturated heterocycles. The number of thioether (sulfide) groups is 1. The highest BCUT2D eigenvalue weighted by Gasteiger charge is 2.39. The van der Waals surface area contributed by atoms with Crippen molar-refractivity contribution in [2.45, 2.75) is 38.1 Å². The lowest BCUT2D eigenvalue weighted by atomic mass is 10.2. The fraction of sp³-hybridized carbons (Fsp3) is 0.778. The molecule has 0 aromatic heterocycles. The summed E-state index contributed by atoms with van der Waals surface area (Å²) in [6.07, 6.45) is 1.84. The Labute approximate surface area is 87.7 Å². The highest BCUT2D eigenvalue weighted by atomic mass is 32.2. The molecule has 14 heavy (non-hydrogen) atoms. The van der Waals surface area contributed by atoms with Gasteiger partial charge in [0.15, 0.2) is 0 Å². The van der Waals surface area contributed by atoms with E-state index in [0.717, 1.165) is 12.8 Å². The third kappa shape index (κ3) is 2.20. The maximum atomic E-state index is 11.3. The van der Waals surface area contributed by atoms with Crippen LogP contribution < -0.4 is 0 Å². The van der Waals surface area contributed by atoms with E-state index in [0.29, 0.717) is 5.75 Å². The van der Waals surface area contributed by atoms with Crippen LogP contribution in [0.3, 0.4) is 0 Å². The number of amides is 1. The minimum Gasteiger partial charge on any atom is -0.480 e. The molecule has 1 rings (SSSR count). The van der Waals surface area contributed by atoms with E-state index in [9.17, 15) is 9.59 Å². The van der Waals surface area contributed by atoms with E-state index in [-0.39, 0.29) is 11.3 Å². The van der Waals surface area contributed by atoms with E-state index >= 15 is 0 Å². The molecule has 4 nitrogen and oxygen atoms in total. The van der Waals surface area contributed by atoms with Gasteiger partial charge in [0.05, 0.1) is 5.37 Å². The summed E-state index contributed by atoms with van der Waals surface area (Å²) in [6.45, 7) is 3.47. The monoisotopic (exact) mass is 217 g/mol. The van der Waals surface area contributed by atoms with Gasteiger partial charge in [0.1, 0.15) is 6.04 Å². The molecule has 1 fully saturated rings. The number of rotatable bonds is 3. The van der Waals surface area contributed by atoms with Gasteiger partial charge in [-0.3, -0.25) is 4.79 Å². The molecule has 80 valence electrons. The minimum absolute atomic E-state index is 0.0543. The molecule has 0 radical (unpaired) electrons. The molecule has 1 heterocycles. The van der Waals surface area contributed by atoms with Gasteiger partial charge in [-0.25, -0.2) is 4.79 Å². The second-order valence-corrected chi connectivity index (χ2v) is 4.57. The molecule has 1 aliphatic rings. The van der Waals surface area contributed by atoms with Crippen molar-refractivity contribution >= 4 is 23.6 Å². The maximum Gasteiger partial charge on any atom is 0.327 e. The lowest BCUT2D eigenvalue weighted by Gasteiger charge is -2.25. The smallest absolute Gasteiger partial charge is 0.327 e. The summed E-state index contributed by atoms with van der Waals surface area (Å²) < 4.78 is 0. The first kappa shape index (κ1) is 11.4. The van der Waals surface area contributed by atoms with Crippen molar-refractivity contribution in [1.29, 1.82) is 0 Å². The van der Waals surface area contributed by atoms with E-state index < -0.39 is 12.0 Å². The summed E-state index contributed by atoms with van der Waals surface area (Å²) in [5.41, 5.74) is 0. The zero-order valence-electron chi connectivity index (χ0n) is 8.40. The molecule has 0 aromatic rings. The van der Waals surface area contributed by atoms with Crippen LogP contribution in [0.1, 0.15) is 26.7 Å². The number of hydrogen-bond donors (Lipinski definition) is 1. The average Bonchev–Trinajstić information content (AvgIpc) is 2.48. The van der Waals surface area contributed by atoms with E-state index in [4.69, 9.17) is 5.11 Å². The molecule has 0 saturated carbocycles. The van der Waals surface area contributed by atoms with Crippen molar-refractivity contribution in [2.24, 2.45) is 0 Å². The van der Waals surface area contributed by atoms with Crippen molar-refractivity contribution in [3.63, 3.8) is 0 Å². The number of carboxylic acid groups (broad SMARTS) is 1. The molecule has 0 aromatic carbocycles. The summed E-state index contributed by atoms with van der Waals surface area (Å²) >= 11 is 1.56. The van der Waals surface area contributed by atoms with E-state index in [1.807, 2.05) is 6.92 Å². The van der Waals surface area contributed by atoms with Gasteiger partial charge in [-0.1, -0.05) is 13.3 Å². The first-order valence-electron chi connectivity index (χ1n) is 4.71. The van der Waals surface area contributed by atoms with Crippen LogP contribution in [-0.2, 0) is 9.59 Å². The lowest BCUT2D eigenvalue weighted by Crippen LogP contribution is -2.44. The van der Waals surface area contributed by atoms with Gasteiger partial charge in [0, 0.05) is 12.7 Å². The first-order chi connectivity index (χ1) is 6.57. The Morgan fingerprint density at radius 2 is 2.21 bits per heavy atom. The second-order valence-electron chi connectivity index (χ2n) is 3.36. The zero-order chi connectivity index (χ0) is 10.7. The quantitative estimate of drug-likeness (QED) is 0.770. The molecule has 0 aliphatic carbocycles. The van der Waals surface area contributed by atoms with Crippen LogP contribution in [0.2, 0.25) is 0 Å². The molecule has 2 atom stereocenters. The van der Waals surface area contributed by atoms with Crippen molar-refractivity contribution in [2.75, 3.05) is 5.75 Å². The van der Waals surface area contributed by atoms with Crippen LogP contribution in [-0.4, -0.2) is 39.1 Å². The summed E-state index contributed by atoms with van der Waals surface area (Å²) in [5.74, 6) is -0.522. The van der Waals surface area contributed by atoms with Crippen molar-refractivity contribution in [1.82, 2.24) is 4.90 Å². The van der Waals surface area contributed by atoms with Crippen molar-refractivity contribution in [3.8, 4) is 0 Å². The van der Waals surface area contributed by atoms with Gasteiger partial charge in [0.2, 0.25) is 5.91 Å². The Bertz CT molecular complexity index is 244. The molecule has 1 aliphatic heterocycles. The maximum absolute atomic E-state index is 11.3. The number of aliphatic carboxylic acids is 1. The van der Waals surface area contributed by atoms with E-state index in [1.54, 1.807) is 11.8 Å². The fourth-order valence-corrected chi connectivity index (χ4v) is 3.21. The molecule has 0 bridgehead atoms. The Kier molecular flexibility index (Phi) is 3.80. The van der Waals surface area contributed by atoms with E-state index in [2.05, 4.69) is 0 Å². The molecule has 0 spiro atoms. The summed E-state index contributed by atoms with van der Waals surface area (Å²) in [5, 5.41) is 8.97. The second kappa shape index (κ2) is 4.68. The van der Waals surface area contributed by atoms with Crippen LogP contribution in [0.25, 0.3) is 0 Å². The number of carbonyl (C=O) groups is 2. The minimum atomic E-state index is -0.897. The Balaban J connectivity index is 2.74. The van der Waals surface area contributed by atoms with Gasteiger partial charge in [-0.15, -0.1) is 11.8 Å². The molecule has 1 N–H and O–H groups in total. The first-order valence-corrected chi connectivity index (χ1v) is 5.76. The predicted octanol–water partition coefficient (Wildman–Crippen LogP) is 1.16. The number of nitrogens with zero attached hydrogens (tertiary/aromatic N) is 1. The van der Waals surface area contributed by atoms with Crippen LogP contribution in [0.5, 0.6) is 0 Å². The normalized spacial score (nSPS) is 26.6. The highest BCUT2D eigenvalue weighted by Crippen LogP contribution is 2.32. The Morgan fingerprint density at radius 3 is 2.64 bits per heavy atom. The van der Waals surface area contributed by atoms with Crippen LogP contribution in [0.4, 0.5) is 0 Å². The average molecular weight is 217 g/mol. The molecular weight excluding hydrogens is 202 g/mol.